The van der Waals surface area contributed by atoms with Gasteiger partial charge in [0.25, 0.3) is 5.91 Å². The van der Waals surface area contributed by atoms with E-state index in [-0.39, 0.29) is 17.3 Å². The molecule has 3 N–H and O–H groups in total. The number of phenols is 1. The standard InChI is InChI=1S/C17H16ClN3O3/c1-21-7-6-16(23)19-13-8-10(2-5-14(13)21)17(24)20-12-4-3-11(18)9-15(12)22/h2-5,8-9,22H,6-7H2,1H3,(H,19,23)(H,20,24). The van der Waals surface area contributed by atoms with Gasteiger partial charge >= 0.3 is 0 Å². The van der Waals surface area contributed by atoms with Gasteiger partial charge in [-0.25, -0.2) is 0 Å². The van der Waals surface area contributed by atoms with E-state index < -0.39 is 5.91 Å². The molecule has 0 aliphatic carbocycles. The Morgan fingerprint density at radius 1 is 1.29 bits per heavy atom. The van der Waals surface area contributed by atoms with Crippen LogP contribution in [-0.2, 0) is 4.79 Å². The molecule has 0 bridgehead atoms. The lowest BCUT2D eigenvalue weighted by Crippen LogP contribution is -2.18. The molecule has 0 unspecified atom stereocenters. The third-order valence-corrected chi connectivity index (χ3v) is 4.06. The molecule has 6 nitrogen and oxygen atoms in total. The Balaban J connectivity index is 1.87. The molecule has 2 aromatic carbocycles. The predicted molar refractivity (Wildman–Crippen MR) is 94.0 cm³/mol. The zero-order valence-corrected chi connectivity index (χ0v) is 13.7. The van der Waals surface area contributed by atoms with Crippen LogP contribution in [0.3, 0.4) is 0 Å². The number of fused-ring (bicyclic) bond motifs is 1. The molecular weight excluding hydrogens is 330 g/mol. The first-order chi connectivity index (χ1) is 11.4. The number of hydrogen-bond donors (Lipinski definition) is 3. The van der Waals surface area contributed by atoms with Crippen molar-refractivity contribution in [3.63, 3.8) is 0 Å². The second kappa shape index (κ2) is 6.41. The summed E-state index contributed by atoms with van der Waals surface area (Å²) in [5.74, 6) is -0.594. The number of halogens is 1. The number of amides is 2. The van der Waals surface area contributed by atoms with Gasteiger partial charge < -0.3 is 20.6 Å². The minimum Gasteiger partial charge on any atom is -0.506 e. The summed E-state index contributed by atoms with van der Waals surface area (Å²) in [6.45, 7) is 0.614. The summed E-state index contributed by atoms with van der Waals surface area (Å²) in [7, 11) is 1.89. The molecule has 2 amide bonds. The van der Waals surface area contributed by atoms with E-state index in [0.717, 1.165) is 5.69 Å². The van der Waals surface area contributed by atoms with Crippen LogP contribution in [0.4, 0.5) is 17.1 Å². The van der Waals surface area contributed by atoms with Crippen LogP contribution in [0.5, 0.6) is 5.75 Å². The molecule has 0 fully saturated rings. The number of anilines is 3. The van der Waals surface area contributed by atoms with Crippen LogP contribution in [0, 0.1) is 0 Å². The summed E-state index contributed by atoms with van der Waals surface area (Å²) in [6, 6.07) is 9.53. The Labute approximate surface area is 144 Å². The van der Waals surface area contributed by atoms with Crippen LogP contribution >= 0.6 is 11.6 Å². The van der Waals surface area contributed by atoms with Crippen molar-refractivity contribution in [3.8, 4) is 5.75 Å². The van der Waals surface area contributed by atoms with Gasteiger partial charge in [0.05, 0.1) is 17.1 Å². The Morgan fingerprint density at radius 3 is 2.83 bits per heavy atom. The molecule has 0 spiro atoms. The number of hydrogen-bond acceptors (Lipinski definition) is 4. The number of aromatic hydroxyl groups is 1. The second-order valence-electron chi connectivity index (χ2n) is 5.57. The fraction of sp³-hybridized carbons (Fsp3) is 0.176. The van der Waals surface area contributed by atoms with E-state index in [1.807, 2.05) is 11.9 Å². The Kier molecular flexibility index (Phi) is 4.31. The average Bonchev–Trinajstić information content (AvgIpc) is 2.68. The summed E-state index contributed by atoms with van der Waals surface area (Å²) < 4.78 is 0. The van der Waals surface area contributed by atoms with Gasteiger partial charge in [-0.15, -0.1) is 0 Å². The third-order valence-electron chi connectivity index (χ3n) is 3.83. The van der Waals surface area contributed by atoms with Crippen molar-refractivity contribution in [2.75, 3.05) is 29.1 Å². The smallest absolute Gasteiger partial charge is 0.255 e. The molecule has 0 saturated heterocycles. The molecule has 0 saturated carbocycles. The van der Waals surface area contributed by atoms with Gasteiger partial charge in [-0.1, -0.05) is 11.6 Å². The number of nitrogens with one attached hydrogen (secondary N) is 2. The van der Waals surface area contributed by atoms with Crippen LogP contribution in [0.15, 0.2) is 36.4 Å². The summed E-state index contributed by atoms with van der Waals surface area (Å²) in [4.78, 5) is 26.1. The highest BCUT2D eigenvalue weighted by atomic mass is 35.5. The van der Waals surface area contributed by atoms with Gasteiger partial charge in [0.2, 0.25) is 5.91 Å². The van der Waals surface area contributed by atoms with Crippen molar-refractivity contribution in [3.05, 3.63) is 47.0 Å². The van der Waals surface area contributed by atoms with Crippen LogP contribution in [0.25, 0.3) is 0 Å². The molecule has 3 rings (SSSR count). The van der Waals surface area contributed by atoms with Gasteiger partial charge in [-0.3, -0.25) is 9.59 Å². The number of carbonyl (C=O) groups excluding carboxylic acids is 2. The maximum absolute atomic E-state index is 12.4. The first-order valence-electron chi connectivity index (χ1n) is 7.39. The van der Waals surface area contributed by atoms with Gasteiger partial charge in [-0.05, 0) is 30.3 Å². The van der Waals surface area contributed by atoms with Crippen molar-refractivity contribution < 1.29 is 14.7 Å². The number of rotatable bonds is 2. The van der Waals surface area contributed by atoms with E-state index in [1.54, 1.807) is 24.3 Å². The quantitative estimate of drug-likeness (QED) is 0.731. The Bertz CT molecular complexity index is 823. The first-order valence-corrected chi connectivity index (χ1v) is 7.77. The molecule has 1 aliphatic rings. The maximum atomic E-state index is 12.4. The first kappa shape index (κ1) is 16.1. The monoisotopic (exact) mass is 345 g/mol. The lowest BCUT2D eigenvalue weighted by molar-refractivity contribution is -0.115. The number of benzene rings is 2. The number of carbonyl (C=O) groups is 2. The topological polar surface area (TPSA) is 81.7 Å². The highest BCUT2D eigenvalue weighted by molar-refractivity contribution is 6.30. The van der Waals surface area contributed by atoms with Crippen molar-refractivity contribution in [2.24, 2.45) is 0 Å². The molecule has 0 radical (unpaired) electrons. The molecule has 1 aliphatic heterocycles. The summed E-state index contributed by atoms with van der Waals surface area (Å²) in [6.07, 6.45) is 0.394. The lowest BCUT2D eigenvalue weighted by atomic mass is 10.1. The zero-order valence-electron chi connectivity index (χ0n) is 13.0. The number of phenolic OH excluding ortho intramolecular Hbond substituents is 1. The van der Waals surface area contributed by atoms with E-state index in [9.17, 15) is 14.7 Å². The van der Waals surface area contributed by atoms with Gasteiger partial charge in [0, 0.05) is 36.7 Å². The van der Waals surface area contributed by atoms with E-state index in [2.05, 4.69) is 10.6 Å². The molecular formula is C17H16ClN3O3. The molecule has 2 aromatic rings. The normalized spacial score (nSPS) is 13.8. The van der Waals surface area contributed by atoms with Crippen LogP contribution < -0.4 is 15.5 Å². The highest BCUT2D eigenvalue weighted by Crippen LogP contribution is 2.30. The van der Waals surface area contributed by atoms with Crippen LogP contribution in [0.2, 0.25) is 5.02 Å². The van der Waals surface area contributed by atoms with E-state index >= 15 is 0 Å². The zero-order chi connectivity index (χ0) is 17.3. The van der Waals surface area contributed by atoms with Gasteiger partial charge in [-0.2, -0.15) is 0 Å². The van der Waals surface area contributed by atoms with Gasteiger partial charge in [0.15, 0.2) is 0 Å². The molecule has 0 aromatic heterocycles. The minimum absolute atomic E-state index is 0.0893. The molecule has 1 heterocycles. The van der Waals surface area contributed by atoms with Crippen molar-refractivity contribution in [1.29, 1.82) is 0 Å². The fourth-order valence-electron chi connectivity index (χ4n) is 2.52. The molecule has 24 heavy (non-hydrogen) atoms. The molecule has 7 heteroatoms. The summed E-state index contributed by atoms with van der Waals surface area (Å²) in [5.41, 5.74) is 2.08. The van der Waals surface area contributed by atoms with E-state index in [0.29, 0.717) is 29.2 Å². The lowest BCUT2D eigenvalue weighted by Gasteiger charge is -2.18. The number of nitrogens with zero attached hydrogens (tertiary/aromatic N) is 1. The second-order valence-corrected chi connectivity index (χ2v) is 6.00. The molecule has 0 atom stereocenters. The van der Waals surface area contributed by atoms with Crippen LogP contribution in [0.1, 0.15) is 16.8 Å². The third kappa shape index (κ3) is 3.28. The van der Waals surface area contributed by atoms with E-state index in [4.69, 9.17) is 11.6 Å². The van der Waals surface area contributed by atoms with Crippen LogP contribution in [-0.4, -0.2) is 30.5 Å². The van der Waals surface area contributed by atoms with Crippen molar-refractivity contribution >= 4 is 40.5 Å². The average molecular weight is 346 g/mol. The maximum Gasteiger partial charge on any atom is 0.255 e. The minimum atomic E-state index is -0.392. The fourth-order valence-corrected chi connectivity index (χ4v) is 2.68. The van der Waals surface area contributed by atoms with E-state index in [1.165, 1.54) is 12.1 Å². The SMILES string of the molecule is CN1CCC(=O)Nc2cc(C(=O)Nc3ccc(Cl)cc3O)ccc21. The summed E-state index contributed by atoms with van der Waals surface area (Å²) >= 11 is 5.78. The molecule has 124 valence electrons. The van der Waals surface area contributed by atoms with Gasteiger partial charge in [0.1, 0.15) is 5.75 Å². The Morgan fingerprint density at radius 2 is 2.08 bits per heavy atom. The summed E-state index contributed by atoms with van der Waals surface area (Å²) in [5, 5.41) is 15.6. The highest BCUT2D eigenvalue weighted by Gasteiger charge is 2.18. The largest absolute Gasteiger partial charge is 0.506 e. The predicted octanol–water partition coefficient (Wildman–Crippen LogP) is 3.08. The Hall–Kier alpha value is -2.73. The van der Waals surface area contributed by atoms with Crippen molar-refractivity contribution in [2.45, 2.75) is 6.42 Å². The van der Waals surface area contributed by atoms with Crippen molar-refractivity contribution in [1.82, 2.24) is 0 Å².